The number of phenolic OH excluding ortho intramolecular Hbond substituents is 1. The van der Waals surface area contributed by atoms with Crippen LogP contribution in [0.15, 0.2) is 24.3 Å². The molecule has 1 aliphatic rings. The lowest BCUT2D eigenvalue weighted by Crippen LogP contribution is -2.54. The van der Waals surface area contributed by atoms with Gasteiger partial charge in [-0.25, -0.2) is 4.79 Å². The Labute approximate surface area is 219 Å². The zero-order chi connectivity index (χ0) is 27.0. The number of aromatic hydroxyl groups is 1. The van der Waals surface area contributed by atoms with Crippen LogP contribution < -0.4 is 10.6 Å². The van der Waals surface area contributed by atoms with E-state index in [1.165, 1.54) is 12.1 Å². The lowest BCUT2D eigenvalue weighted by Gasteiger charge is -2.35. The van der Waals surface area contributed by atoms with E-state index < -0.39 is 23.8 Å². The van der Waals surface area contributed by atoms with Crippen LogP contribution in [0.1, 0.15) is 78.8 Å². The van der Waals surface area contributed by atoms with Crippen molar-refractivity contribution >= 4 is 29.7 Å². The number of hydrogen-bond donors (Lipinski definition) is 3. The largest absolute Gasteiger partial charge is 0.508 e. The summed E-state index contributed by atoms with van der Waals surface area (Å²) >= 11 is 1.58. The average molecular weight is 522 g/mol. The van der Waals surface area contributed by atoms with Gasteiger partial charge in [0.25, 0.3) is 0 Å². The normalized spacial score (nSPS) is 19.5. The summed E-state index contributed by atoms with van der Waals surface area (Å²) in [6, 6.07) is 4.49. The molecule has 8 nitrogen and oxygen atoms in total. The van der Waals surface area contributed by atoms with Crippen LogP contribution >= 0.6 is 11.8 Å². The third kappa shape index (κ3) is 8.91. The molecule has 0 spiro atoms. The molecule has 3 amide bonds. The predicted octanol–water partition coefficient (Wildman–Crippen LogP) is 4.62. The van der Waals surface area contributed by atoms with Gasteiger partial charge in [-0.2, -0.15) is 11.8 Å². The summed E-state index contributed by atoms with van der Waals surface area (Å²) in [6.45, 7) is 11.3. The van der Waals surface area contributed by atoms with Crippen LogP contribution in [0.4, 0.5) is 4.79 Å². The first-order valence-corrected chi connectivity index (χ1v) is 14.2. The Morgan fingerprint density at radius 1 is 1.22 bits per heavy atom. The number of benzene rings is 1. The van der Waals surface area contributed by atoms with E-state index in [0.717, 1.165) is 19.3 Å². The Hall–Kier alpha value is -2.42. The lowest BCUT2D eigenvalue weighted by molar-refractivity contribution is -0.143. The summed E-state index contributed by atoms with van der Waals surface area (Å²) in [5.41, 5.74) is -0.175. The maximum Gasteiger partial charge on any atom is 0.408 e. The molecule has 2 rings (SSSR count). The highest BCUT2D eigenvalue weighted by atomic mass is 32.2. The number of carbonyl (C=O) groups excluding carboxylic acids is 3. The highest BCUT2D eigenvalue weighted by molar-refractivity contribution is 7.98. The summed E-state index contributed by atoms with van der Waals surface area (Å²) in [5.74, 6) is 0.272. The first-order chi connectivity index (χ1) is 16.9. The summed E-state index contributed by atoms with van der Waals surface area (Å²) in [6.07, 6.45) is 4.16. The Bertz CT molecular complexity index is 904. The van der Waals surface area contributed by atoms with Crippen molar-refractivity contribution in [2.75, 3.05) is 12.0 Å². The number of hydrogen-bond acceptors (Lipinski definition) is 6. The summed E-state index contributed by atoms with van der Waals surface area (Å²) in [4.78, 5) is 42.0. The number of amides is 3. The molecule has 1 aromatic rings. The molecule has 3 N–H and O–H groups in total. The zero-order valence-electron chi connectivity index (χ0n) is 22.7. The highest BCUT2D eigenvalue weighted by Crippen LogP contribution is 2.41. The Morgan fingerprint density at radius 3 is 2.42 bits per heavy atom. The van der Waals surface area contributed by atoms with Gasteiger partial charge in [-0.15, -0.1) is 0 Å². The Balaban J connectivity index is 2.46. The van der Waals surface area contributed by atoms with E-state index in [-0.39, 0.29) is 35.6 Å². The third-order valence-electron chi connectivity index (χ3n) is 6.10. The standard InChI is InChI=1S/C27H43N3O5S/c1-8-10-18(3)28-24(32)23(19-11-9-12-20(31)16-19)30(22-15-17(22)2)25(33)21(13-14-36-7)29-26(34)35-27(4,5)6/h9,11-12,16-18,21-23,31H,8,10,13-15H2,1-7H3,(H,28,32)(H,29,34). The van der Waals surface area contributed by atoms with Crippen LogP contribution in [0.2, 0.25) is 0 Å². The number of rotatable bonds is 12. The monoisotopic (exact) mass is 521 g/mol. The summed E-state index contributed by atoms with van der Waals surface area (Å²) in [5, 5.41) is 16.0. The maximum atomic E-state index is 14.1. The molecule has 1 saturated carbocycles. The van der Waals surface area contributed by atoms with E-state index in [9.17, 15) is 19.5 Å². The van der Waals surface area contributed by atoms with E-state index >= 15 is 0 Å². The fourth-order valence-corrected chi connectivity index (χ4v) is 4.73. The second-order valence-electron chi connectivity index (χ2n) is 10.7. The smallest absolute Gasteiger partial charge is 0.408 e. The van der Waals surface area contributed by atoms with Gasteiger partial charge in [-0.3, -0.25) is 9.59 Å². The predicted molar refractivity (Wildman–Crippen MR) is 144 cm³/mol. The van der Waals surface area contributed by atoms with Crippen molar-refractivity contribution in [3.63, 3.8) is 0 Å². The summed E-state index contributed by atoms with van der Waals surface area (Å²) < 4.78 is 5.42. The van der Waals surface area contributed by atoms with Crippen LogP contribution in [0.5, 0.6) is 5.75 Å². The molecule has 36 heavy (non-hydrogen) atoms. The van der Waals surface area contributed by atoms with Crippen molar-refractivity contribution < 1.29 is 24.2 Å². The SMILES string of the molecule is CCCC(C)NC(=O)C(c1cccc(O)c1)N(C(=O)C(CCSC)NC(=O)OC(C)(C)C)C1CC1C. The van der Waals surface area contributed by atoms with Crippen LogP contribution in [0.25, 0.3) is 0 Å². The van der Waals surface area contributed by atoms with Gasteiger partial charge in [0.2, 0.25) is 11.8 Å². The Kier molecular flexibility index (Phi) is 10.9. The fourth-order valence-electron chi connectivity index (χ4n) is 4.26. The molecule has 0 saturated heterocycles. The minimum absolute atomic E-state index is 0.0222. The molecular formula is C27H43N3O5S. The second-order valence-corrected chi connectivity index (χ2v) is 11.7. The van der Waals surface area contributed by atoms with Gasteiger partial charge in [0.15, 0.2) is 0 Å². The van der Waals surface area contributed by atoms with Crippen LogP contribution in [-0.4, -0.2) is 63.6 Å². The minimum Gasteiger partial charge on any atom is -0.508 e. The second kappa shape index (κ2) is 13.2. The molecule has 1 aromatic carbocycles. The molecule has 0 heterocycles. The fraction of sp³-hybridized carbons (Fsp3) is 0.667. The van der Waals surface area contributed by atoms with E-state index in [4.69, 9.17) is 4.74 Å². The minimum atomic E-state index is -0.934. The number of phenols is 1. The molecule has 1 fully saturated rings. The van der Waals surface area contributed by atoms with Crippen molar-refractivity contribution in [3.05, 3.63) is 29.8 Å². The van der Waals surface area contributed by atoms with E-state index in [0.29, 0.717) is 17.7 Å². The first-order valence-electron chi connectivity index (χ1n) is 12.8. The zero-order valence-corrected chi connectivity index (χ0v) is 23.5. The lowest BCUT2D eigenvalue weighted by atomic mass is 10.0. The topological polar surface area (TPSA) is 108 Å². The van der Waals surface area contributed by atoms with E-state index in [2.05, 4.69) is 17.6 Å². The number of thioether (sulfide) groups is 1. The quantitative estimate of drug-likeness (QED) is 0.370. The number of nitrogens with zero attached hydrogens (tertiary/aromatic N) is 1. The average Bonchev–Trinajstić information content (AvgIpc) is 3.48. The third-order valence-corrected chi connectivity index (χ3v) is 6.75. The molecule has 5 atom stereocenters. The van der Waals surface area contributed by atoms with Crippen LogP contribution in [0.3, 0.4) is 0 Å². The van der Waals surface area contributed by atoms with Crippen molar-refractivity contribution in [1.82, 2.24) is 15.5 Å². The van der Waals surface area contributed by atoms with Gasteiger partial charge >= 0.3 is 6.09 Å². The maximum absolute atomic E-state index is 14.1. The molecular weight excluding hydrogens is 478 g/mol. The van der Waals surface area contributed by atoms with Crippen molar-refractivity contribution in [2.24, 2.45) is 5.92 Å². The molecule has 5 unspecified atom stereocenters. The van der Waals surface area contributed by atoms with Crippen LogP contribution in [0, 0.1) is 5.92 Å². The van der Waals surface area contributed by atoms with Gasteiger partial charge in [0.1, 0.15) is 23.4 Å². The number of nitrogens with one attached hydrogen (secondary N) is 2. The molecule has 0 aliphatic heterocycles. The van der Waals surface area contributed by atoms with Gasteiger partial charge in [-0.05, 0) is 82.6 Å². The Morgan fingerprint density at radius 2 is 1.89 bits per heavy atom. The molecule has 202 valence electrons. The molecule has 1 aliphatic carbocycles. The number of carbonyl (C=O) groups is 3. The van der Waals surface area contributed by atoms with E-state index in [1.807, 2.05) is 20.1 Å². The van der Waals surface area contributed by atoms with Crippen molar-refractivity contribution in [1.29, 1.82) is 0 Å². The van der Waals surface area contributed by atoms with Gasteiger partial charge in [0.05, 0.1) is 0 Å². The molecule has 9 heteroatoms. The van der Waals surface area contributed by atoms with Gasteiger partial charge in [0, 0.05) is 12.1 Å². The van der Waals surface area contributed by atoms with Crippen molar-refractivity contribution in [2.45, 2.75) is 97.0 Å². The number of ether oxygens (including phenoxy) is 1. The number of alkyl carbamates (subject to hydrolysis) is 1. The van der Waals surface area contributed by atoms with E-state index in [1.54, 1.807) is 49.6 Å². The molecule has 0 radical (unpaired) electrons. The van der Waals surface area contributed by atoms with Crippen LogP contribution in [-0.2, 0) is 14.3 Å². The molecule has 0 bridgehead atoms. The molecule has 0 aromatic heterocycles. The van der Waals surface area contributed by atoms with Gasteiger partial charge < -0.3 is 25.4 Å². The highest BCUT2D eigenvalue weighted by Gasteiger charge is 2.48. The summed E-state index contributed by atoms with van der Waals surface area (Å²) in [7, 11) is 0. The van der Waals surface area contributed by atoms with Gasteiger partial charge in [-0.1, -0.05) is 32.4 Å². The first kappa shape index (κ1) is 29.8. The van der Waals surface area contributed by atoms with Crippen molar-refractivity contribution in [3.8, 4) is 5.75 Å².